The van der Waals surface area contributed by atoms with Crippen molar-refractivity contribution in [1.82, 2.24) is 4.98 Å². The molecule has 0 radical (unpaired) electrons. The fourth-order valence-corrected chi connectivity index (χ4v) is 6.81. The lowest BCUT2D eigenvalue weighted by Crippen LogP contribution is -2.16. The van der Waals surface area contributed by atoms with E-state index >= 15 is 0 Å². The monoisotopic (exact) mass is 428 g/mol. The molecule has 0 aromatic carbocycles. The molecule has 6 heteroatoms. The average Bonchev–Trinajstić information content (AvgIpc) is 3.66. The largest absolute Gasteiger partial charge is 0.465 e. The minimum absolute atomic E-state index is 0.0297. The van der Waals surface area contributed by atoms with Crippen LogP contribution in [0, 0.1) is 35.5 Å². The van der Waals surface area contributed by atoms with Gasteiger partial charge in [-0.1, -0.05) is 25.7 Å². The third kappa shape index (κ3) is 4.39. The van der Waals surface area contributed by atoms with Gasteiger partial charge in [-0.3, -0.25) is 9.59 Å². The van der Waals surface area contributed by atoms with Crippen molar-refractivity contribution in [3.63, 3.8) is 0 Å². The highest BCUT2D eigenvalue weighted by atomic mass is 32.2. The first-order valence-corrected chi connectivity index (χ1v) is 12.9. The molecule has 0 spiro atoms. The summed E-state index contributed by atoms with van der Waals surface area (Å²) in [6, 6.07) is 3.96. The number of nitrogens with one attached hydrogen (secondary N) is 1. The molecule has 4 saturated carbocycles. The lowest BCUT2D eigenvalue weighted by atomic mass is 10.0. The molecule has 1 N–H and O–H groups in total. The molecule has 162 valence electrons. The van der Waals surface area contributed by atoms with Crippen LogP contribution in [0.3, 0.4) is 0 Å². The zero-order valence-corrected chi connectivity index (χ0v) is 18.4. The van der Waals surface area contributed by atoms with Gasteiger partial charge in [0, 0.05) is 23.6 Å². The standard InChI is InChI=1S/C24H32N2O3S/c27-23(21-16-5-1-2-6-17(16)21)26-20-13-15(9-10-25-20)14-30-12-11-29-24(28)22-18-7-3-4-8-19(18)22/h9-10,13,16-19,21-22H,1-8,11-12,14H2,(H,25,26,27). The average molecular weight is 429 g/mol. The highest BCUT2D eigenvalue weighted by Crippen LogP contribution is 2.56. The third-order valence-corrected chi connectivity index (χ3v) is 8.70. The van der Waals surface area contributed by atoms with Gasteiger partial charge >= 0.3 is 5.97 Å². The number of aromatic nitrogens is 1. The van der Waals surface area contributed by atoms with Crippen molar-refractivity contribution in [2.75, 3.05) is 17.7 Å². The van der Waals surface area contributed by atoms with E-state index in [4.69, 9.17) is 4.74 Å². The summed E-state index contributed by atoms with van der Waals surface area (Å²) in [4.78, 5) is 29.1. The van der Waals surface area contributed by atoms with E-state index < -0.39 is 0 Å². The second kappa shape index (κ2) is 8.89. The number of hydrogen-bond acceptors (Lipinski definition) is 5. The van der Waals surface area contributed by atoms with Crippen molar-refractivity contribution in [3.05, 3.63) is 23.9 Å². The molecule has 0 bridgehead atoms. The van der Waals surface area contributed by atoms with E-state index in [1.54, 1.807) is 18.0 Å². The van der Waals surface area contributed by atoms with E-state index in [0.29, 0.717) is 36.1 Å². The summed E-state index contributed by atoms with van der Waals surface area (Å²) in [6.45, 7) is 0.485. The minimum Gasteiger partial charge on any atom is -0.465 e. The smallest absolute Gasteiger partial charge is 0.309 e. The van der Waals surface area contributed by atoms with Crippen molar-refractivity contribution in [3.8, 4) is 0 Å². The first-order chi connectivity index (χ1) is 14.7. The van der Waals surface area contributed by atoms with Crippen molar-refractivity contribution < 1.29 is 14.3 Å². The molecule has 4 aliphatic carbocycles. The van der Waals surface area contributed by atoms with Crippen LogP contribution in [0.4, 0.5) is 5.82 Å². The van der Waals surface area contributed by atoms with Gasteiger partial charge in [0.15, 0.2) is 0 Å². The number of hydrogen-bond donors (Lipinski definition) is 1. The van der Waals surface area contributed by atoms with Gasteiger partial charge in [0.2, 0.25) is 5.91 Å². The molecule has 5 rings (SSSR count). The number of ether oxygens (including phenoxy) is 1. The van der Waals surface area contributed by atoms with Crippen LogP contribution in [0.2, 0.25) is 0 Å². The van der Waals surface area contributed by atoms with Gasteiger partial charge in [-0.2, -0.15) is 11.8 Å². The van der Waals surface area contributed by atoms with Crippen LogP contribution in [0.25, 0.3) is 0 Å². The third-order valence-electron chi connectivity index (χ3n) is 7.70. The van der Waals surface area contributed by atoms with Crippen LogP contribution in [0.1, 0.15) is 56.9 Å². The van der Waals surface area contributed by atoms with Crippen LogP contribution >= 0.6 is 11.8 Å². The van der Waals surface area contributed by atoms with E-state index in [2.05, 4.69) is 10.3 Å². The van der Waals surface area contributed by atoms with E-state index in [9.17, 15) is 9.59 Å². The summed E-state index contributed by atoms with van der Waals surface area (Å²) >= 11 is 1.75. The molecule has 4 unspecified atom stereocenters. The maximum Gasteiger partial charge on any atom is 0.309 e. The molecule has 1 amide bonds. The maximum absolute atomic E-state index is 12.6. The number of esters is 1. The summed E-state index contributed by atoms with van der Waals surface area (Å²) in [6.07, 6.45) is 11.7. The molecule has 30 heavy (non-hydrogen) atoms. The van der Waals surface area contributed by atoms with Crippen LogP contribution < -0.4 is 5.32 Å². The lowest BCUT2D eigenvalue weighted by Gasteiger charge is -2.07. The Kier molecular flexibility index (Phi) is 6.03. The van der Waals surface area contributed by atoms with Gasteiger partial charge in [0.1, 0.15) is 12.4 Å². The lowest BCUT2D eigenvalue weighted by molar-refractivity contribution is -0.145. The van der Waals surface area contributed by atoms with Crippen molar-refractivity contribution in [2.45, 2.75) is 57.1 Å². The maximum atomic E-state index is 12.6. The fraction of sp³-hybridized carbons (Fsp3) is 0.708. The Morgan fingerprint density at radius 2 is 1.63 bits per heavy atom. The highest BCUT2D eigenvalue weighted by molar-refractivity contribution is 7.98. The summed E-state index contributed by atoms with van der Waals surface area (Å²) in [5.41, 5.74) is 1.14. The van der Waals surface area contributed by atoms with Gasteiger partial charge in [0.25, 0.3) is 0 Å². The molecular weight excluding hydrogens is 396 g/mol. The van der Waals surface area contributed by atoms with Gasteiger partial charge in [-0.05, 0) is 67.1 Å². The molecule has 5 nitrogen and oxygen atoms in total. The second-order valence-electron chi connectivity index (χ2n) is 9.53. The topological polar surface area (TPSA) is 68.3 Å². The summed E-state index contributed by atoms with van der Waals surface area (Å²) in [7, 11) is 0. The first kappa shape index (κ1) is 20.3. The zero-order valence-electron chi connectivity index (χ0n) is 17.6. The van der Waals surface area contributed by atoms with Crippen LogP contribution in [-0.2, 0) is 20.1 Å². The van der Waals surface area contributed by atoms with Gasteiger partial charge in [0.05, 0.1) is 5.92 Å². The van der Waals surface area contributed by atoms with E-state index in [-0.39, 0.29) is 23.7 Å². The van der Waals surface area contributed by atoms with Crippen molar-refractivity contribution in [1.29, 1.82) is 0 Å². The number of amides is 1. The number of carbonyl (C=O) groups is 2. The minimum atomic E-state index is 0.0297. The number of pyridine rings is 1. The molecule has 4 fully saturated rings. The quantitative estimate of drug-likeness (QED) is 0.481. The van der Waals surface area contributed by atoms with Gasteiger partial charge < -0.3 is 10.1 Å². The summed E-state index contributed by atoms with van der Waals surface area (Å²) in [5.74, 6) is 5.31. The Balaban J connectivity index is 1.01. The number of thioether (sulfide) groups is 1. The molecule has 0 aliphatic heterocycles. The molecule has 0 saturated heterocycles. The van der Waals surface area contributed by atoms with Crippen LogP contribution in [0.15, 0.2) is 18.3 Å². The fourth-order valence-electron chi connectivity index (χ4n) is 6.05. The Morgan fingerprint density at radius 3 is 2.30 bits per heavy atom. The normalized spacial score (nSPS) is 33.7. The van der Waals surface area contributed by atoms with E-state index in [1.807, 2.05) is 12.1 Å². The van der Waals surface area contributed by atoms with Crippen molar-refractivity contribution >= 4 is 29.5 Å². The summed E-state index contributed by atoms with van der Waals surface area (Å²) in [5, 5.41) is 3.03. The Labute approximate surface area is 183 Å². The second-order valence-corrected chi connectivity index (χ2v) is 10.6. The Morgan fingerprint density at radius 1 is 1.00 bits per heavy atom. The molecular formula is C24H32N2O3S. The van der Waals surface area contributed by atoms with Crippen LogP contribution in [-0.4, -0.2) is 29.2 Å². The molecule has 1 heterocycles. The number of fused-ring (bicyclic) bond motifs is 2. The molecule has 1 aromatic rings. The van der Waals surface area contributed by atoms with Gasteiger partial charge in [-0.25, -0.2) is 4.98 Å². The predicted octanol–water partition coefficient (Wildman–Crippen LogP) is 4.67. The number of anilines is 1. The van der Waals surface area contributed by atoms with E-state index in [1.165, 1.54) is 51.4 Å². The van der Waals surface area contributed by atoms with E-state index in [0.717, 1.165) is 17.1 Å². The Bertz CT molecular complexity index is 776. The highest BCUT2D eigenvalue weighted by Gasteiger charge is 2.56. The zero-order chi connectivity index (χ0) is 20.5. The molecule has 1 aromatic heterocycles. The SMILES string of the molecule is O=C(Nc1cc(CSCCOC(=O)C2C3CCCCC32)ccn1)C1C2CCCCC21. The molecule has 4 atom stereocenters. The van der Waals surface area contributed by atoms with Gasteiger partial charge in [-0.15, -0.1) is 0 Å². The number of nitrogens with zero attached hydrogens (tertiary/aromatic N) is 1. The first-order valence-electron chi connectivity index (χ1n) is 11.7. The number of rotatable bonds is 8. The Hall–Kier alpha value is -1.56. The van der Waals surface area contributed by atoms with Crippen molar-refractivity contribution in [2.24, 2.45) is 35.5 Å². The van der Waals surface area contributed by atoms with Crippen LogP contribution in [0.5, 0.6) is 0 Å². The predicted molar refractivity (Wildman–Crippen MR) is 118 cm³/mol. The molecule has 4 aliphatic rings. The summed E-state index contributed by atoms with van der Waals surface area (Å²) < 4.78 is 5.52. The number of carbonyl (C=O) groups excluding carboxylic acids is 2.